The number of ether oxygens (including phenoxy) is 2. The summed E-state index contributed by atoms with van der Waals surface area (Å²) in [5.74, 6) is 1.82. The highest BCUT2D eigenvalue weighted by Crippen LogP contribution is 2.28. The highest BCUT2D eigenvalue weighted by Gasteiger charge is 2.13. The summed E-state index contributed by atoms with van der Waals surface area (Å²) in [6.07, 6.45) is 6.18. The van der Waals surface area contributed by atoms with Crippen molar-refractivity contribution in [3.63, 3.8) is 0 Å². The maximum absolute atomic E-state index is 12.4. The van der Waals surface area contributed by atoms with Gasteiger partial charge >= 0.3 is 0 Å². The largest absolute Gasteiger partial charge is 0.493 e. The van der Waals surface area contributed by atoms with Gasteiger partial charge in [-0.3, -0.25) is 4.79 Å². The number of amides is 1. The molecule has 1 aliphatic rings. The van der Waals surface area contributed by atoms with Crippen LogP contribution in [0.1, 0.15) is 56.3 Å². The average Bonchev–Trinajstić information content (AvgIpc) is 2.90. The lowest BCUT2D eigenvalue weighted by molar-refractivity contribution is 0.0948. The summed E-state index contributed by atoms with van der Waals surface area (Å²) in [6.45, 7) is 8.86. The van der Waals surface area contributed by atoms with E-state index in [0.29, 0.717) is 36.1 Å². The Bertz CT molecular complexity index is 552. The van der Waals surface area contributed by atoms with E-state index >= 15 is 0 Å². The second kappa shape index (κ2) is 11.1. The normalized spacial score (nSPS) is 15.5. The van der Waals surface area contributed by atoms with Gasteiger partial charge in [0.25, 0.3) is 5.91 Å². The zero-order valence-corrected chi connectivity index (χ0v) is 16.6. The van der Waals surface area contributed by atoms with E-state index in [9.17, 15) is 4.79 Å². The Morgan fingerprint density at radius 1 is 1.15 bits per heavy atom. The number of benzene rings is 1. The van der Waals surface area contributed by atoms with Crippen molar-refractivity contribution in [3.8, 4) is 11.5 Å². The Kier molecular flexibility index (Phi) is 8.75. The van der Waals surface area contributed by atoms with Crippen molar-refractivity contribution in [2.75, 3.05) is 39.9 Å². The van der Waals surface area contributed by atoms with E-state index in [2.05, 4.69) is 24.1 Å². The third-order valence-corrected chi connectivity index (χ3v) is 4.79. The Hall–Kier alpha value is -1.75. The van der Waals surface area contributed by atoms with Gasteiger partial charge in [-0.2, -0.15) is 0 Å². The molecular formula is C21H34N2O3. The van der Waals surface area contributed by atoms with Crippen LogP contribution in [0.25, 0.3) is 0 Å². The van der Waals surface area contributed by atoms with Gasteiger partial charge in [0, 0.05) is 18.7 Å². The lowest BCUT2D eigenvalue weighted by Gasteiger charge is -2.19. The summed E-state index contributed by atoms with van der Waals surface area (Å²) in [5, 5.41) is 3.02. The van der Waals surface area contributed by atoms with Gasteiger partial charge in [-0.25, -0.2) is 0 Å². The number of nitrogens with one attached hydrogen (secondary N) is 1. The Morgan fingerprint density at radius 2 is 1.88 bits per heavy atom. The summed E-state index contributed by atoms with van der Waals surface area (Å²) < 4.78 is 11.2. The van der Waals surface area contributed by atoms with Gasteiger partial charge < -0.3 is 19.7 Å². The second-order valence-corrected chi connectivity index (χ2v) is 7.41. The molecule has 0 aliphatic carbocycles. The average molecular weight is 363 g/mol. The lowest BCUT2D eigenvalue weighted by Crippen LogP contribution is -2.35. The molecule has 1 heterocycles. The van der Waals surface area contributed by atoms with Gasteiger partial charge in [0.2, 0.25) is 0 Å². The van der Waals surface area contributed by atoms with Gasteiger partial charge in [0.1, 0.15) is 0 Å². The van der Waals surface area contributed by atoms with Crippen LogP contribution >= 0.6 is 0 Å². The topological polar surface area (TPSA) is 50.8 Å². The number of rotatable bonds is 9. The van der Waals surface area contributed by atoms with Crippen LogP contribution in [0, 0.1) is 5.92 Å². The molecule has 0 atom stereocenters. The monoisotopic (exact) mass is 362 g/mol. The minimum atomic E-state index is -0.0631. The summed E-state index contributed by atoms with van der Waals surface area (Å²) in [4.78, 5) is 14.9. The quantitative estimate of drug-likeness (QED) is 0.727. The van der Waals surface area contributed by atoms with E-state index in [0.717, 1.165) is 26.1 Å². The molecule has 1 N–H and O–H groups in total. The molecule has 1 aliphatic heterocycles. The summed E-state index contributed by atoms with van der Waals surface area (Å²) >= 11 is 0. The molecule has 0 bridgehead atoms. The minimum Gasteiger partial charge on any atom is -0.493 e. The Morgan fingerprint density at radius 3 is 2.54 bits per heavy atom. The molecular weight excluding hydrogens is 328 g/mol. The standard InChI is InChI=1S/C21H34N2O3/c1-17(2)10-15-26-19-9-8-18(16-20(19)25-3)21(24)22-11-14-23-12-6-4-5-7-13-23/h8-9,16-17H,4-7,10-15H2,1-3H3,(H,22,24). The van der Waals surface area contributed by atoms with Crippen LogP contribution in [0.4, 0.5) is 0 Å². The number of likely N-dealkylation sites (tertiary alicyclic amines) is 1. The van der Waals surface area contributed by atoms with Crippen LogP contribution in [0.5, 0.6) is 11.5 Å². The molecule has 146 valence electrons. The Balaban J connectivity index is 1.83. The van der Waals surface area contributed by atoms with E-state index in [1.165, 1.54) is 25.7 Å². The van der Waals surface area contributed by atoms with Crippen LogP contribution in [-0.2, 0) is 0 Å². The van der Waals surface area contributed by atoms with Crippen molar-refractivity contribution in [3.05, 3.63) is 23.8 Å². The third-order valence-electron chi connectivity index (χ3n) is 4.79. The van der Waals surface area contributed by atoms with Crippen LogP contribution < -0.4 is 14.8 Å². The molecule has 1 aromatic carbocycles. The fraction of sp³-hybridized carbons (Fsp3) is 0.667. The van der Waals surface area contributed by atoms with Crippen LogP contribution in [0.3, 0.4) is 0 Å². The van der Waals surface area contributed by atoms with Gasteiger partial charge in [-0.1, -0.05) is 26.7 Å². The van der Waals surface area contributed by atoms with E-state index in [-0.39, 0.29) is 5.91 Å². The number of hydrogen-bond acceptors (Lipinski definition) is 4. The van der Waals surface area contributed by atoms with Crippen molar-refractivity contribution in [2.45, 2.75) is 46.0 Å². The molecule has 1 fully saturated rings. The first-order valence-corrected chi connectivity index (χ1v) is 9.91. The molecule has 26 heavy (non-hydrogen) atoms. The summed E-state index contributed by atoms with van der Waals surface area (Å²) in [7, 11) is 1.60. The van der Waals surface area contributed by atoms with Crippen LogP contribution in [0.2, 0.25) is 0 Å². The highest BCUT2D eigenvalue weighted by atomic mass is 16.5. The molecule has 0 spiro atoms. The molecule has 1 amide bonds. The molecule has 0 aromatic heterocycles. The fourth-order valence-electron chi connectivity index (χ4n) is 3.12. The van der Waals surface area contributed by atoms with Gasteiger partial charge in [-0.05, 0) is 56.5 Å². The van der Waals surface area contributed by atoms with Crippen molar-refractivity contribution in [2.24, 2.45) is 5.92 Å². The van der Waals surface area contributed by atoms with Gasteiger partial charge in [0.05, 0.1) is 13.7 Å². The van der Waals surface area contributed by atoms with Crippen molar-refractivity contribution in [1.82, 2.24) is 10.2 Å². The smallest absolute Gasteiger partial charge is 0.251 e. The molecule has 0 unspecified atom stereocenters. The van der Waals surface area contributed by atoms with E-state index in [1.807, 2.05) is 6.07 Å². The maximum Gasteiger partial charge on any atom is 0.251 e. The number of nitrogens with zero attached hydrogens (tertiary/aromatic N) is 1. The lowest BCUT2D eigenvalue weighted by atomic mass is 10.1. The first-order chi connectivity index (χ1) is 12.6. The minimum absolute atomic E-state index is 0.0631. The molecule has 0 radical (unpaired) electrons. The fourth-order valence-corrected chi connectivity index (χ4v) is 3.12. The predicted molar refractivity (Wildman–Crippen MR) is 105 cm³/mol. The molecule has 0 saturated carbocycles. The molecule has 5 nitrogen and oxygen atoms in total. The number of carbonyl (C=O) groups is 1. The third kappa shape index (κ3) is 6.87. The molecule has 5 heteroatoms. The maximum atomic E-state index is 12.4. The predicted octanol–water partition coefficient (Wildman–Crippen LogP) is 3.73. The van der Waals surface area contributed by atoms with Gasteiger partial charge in [-0.15, -0.1) is 0 Å². The highest BCUT2D eigenvalue weighted by molar-refractivity contribution is 5.94. The van der Waals surface area contributed by atoms with E-state index in [1.54, 1.807) is 19.2 Å². The number of hydrogen-bond donors (Lipinski definition) is 1. The van der Waals surface area contributed by atoms with E-state index < -0.39 is 0 Å². The zero-order chi connectivity index (χ0) is 18.8. The zero-order valence-electron chi connectivity index (χ0n) is 16.6. The summed E-state index contributed by atoms with van der Waals surface area (Å²) in [5.41, 5.74) is 0.605. The van der Waals surface area contributed by atoms with Gasteiger partial charge in [0.15, 0.2) is 11.5 Å². The number of carbonyl (C=O) groups excluding carboxylic acids is 1. The first-order valence-electron chi connectivity index (χ1n) is 9.91. The number of methoxy groups -OCH3 is 1. The van der Waals surface area contributed by atoms with E-state index in [4.69, 9.17) is 9.47 Å². The summed E-state index contributed by atoms with van der Waals surface area (Å²) in [6, 6.07) is 5.38. The molecule has 2 rings (SSSR count). The second-order valence-electron chi connectivity index (χ2n) is 7.41. The Labute approximate surface area is 158 Å². The van der Waals surface area contributed by atoms with Crippen LogP contribution in [-0.4, -0.2) is 50.7 Å². The molecule has 1 aromatic rings. The van der Waals surface area contributed by atoms with Crippen molar-refractivity contribution in [1.29, 1.82) is 0 Å². The van der Waals surface area contributed by atoms with Crippen molar-refractivity contribution < 1.29 is 14.3 Å². The van der Waals surface area contributed by atoms with Crippen LogP contribution in [0.15, 0.2) is 18.2 Å². The van der Waals surface area contributed by atoms with Crippen molar-refractivity contribution >= 4 is 5.91 Å². The SMILES string of the molecule is COc1cc(C(=O)NCCN2CCCCCC2)ccc1OCCC(C)C. The first kappa shape index (κ1) is 20.6. The molecule has 1 saturated heterocycles.